The molecule has 0 aromatic heterocycles. The van der Waals surface area contributed by atoms with E-state index in [1.54, 1.807) is 16.4 Å². The molecular weight excluding hydrogens is 556 g/mol. The molecule has 11 heteroatoms. The maximum Gasteiger partial charge on any atom is 0.255 e. The summed E-state index contributed by atoms with van der Waals surface area (Å²) in [5, 5.41) is 2.13. The summed E-state index contributed by atoms with van der Waals surface area (Å²) in [5.41, 5.74) is 3.44. The van der Waals surface area contributed by atoms with E-state index in [4.69, 9.17) is 4.74 Å². The van der Waals surface area contributed by atoms with Crippen molar-refractivity contribution in [3.05, 3.63) is 64.7 Å². The molecule has 224 valence electrons. The Hall–Kier alpha value is -3.28. The summed E-state index contributed by atoms with van der Waals surface area (Å²) in [4.78, 5) is 40.8. The van der Waals surface area contributed by atoms with Crippen molar-refractivity contribution in [1.29, 1.82) is 0 Å². The number of fused-ring (bicyclic) bond motifs is 1. The number of hydrogen-bond donors (Lipinski definition) is 1. The molecule has 6 rings (SSSR count). The van der Waals surface area contributed by atoms with Gasteiger partial charge in [0.05, 0.1) is 11.8 Å². The Labute approximate surface area is 247 Å². The van der Waals surface area contributed by atoms with E-state index in [9.17, 15) is 22.8 Å². The molecule has 0 radical (unpaired) electrons. The average Bonchev–Trinajstić information content (AvgIpc) is 3.34. The summed E-state index contributed by atoms with van der Waals surface area (Å²) in [6.45, 7) is 3.93. The number of hydrogen-bond acceptors (Lipinski definition) is 7. The Morgan fingerprint density at radius 3 is 2.29 bits per heavy atom. The van der Waals surface area contributed by atoms with Crippen molar-refractivity contribution in [2.24, 2.45) is 0 Å². The Morgan fingerprint density at radius 1 is 0.857 bits per heavy atom. The molecule has 1 atom stereocenters. The number of nitrogens with one attached hydrogen (secondary N) is 1. The predicted molar refractivity (Wildman–Crippen MR) is 156 cm³/mol. The molecule has 3 aliphatic heterocycles. The monoisotopic (exact) mass is 594 g/mol. The molecule has 3 amide bonds. The molecule has 2 aromatic rings. The molecule has 1 unspecified atom stereocenters. The molecule has 0 bridgehead atoms. The zero-order valence-corrected chi connectivity index (χ0v) is 24.6. The van der Waals surface area contributed by atoms with Crippen LogP contribution in [0.3, 0.4) is 0 Å². The standard InChI is InChI=1S/C31H38N4O6S/c36-29-14-13-27(30(37)32-29)35-20-26-25(31(35)38)7-4-8-28(26)41-21-23-11-9-22(10-12-23)19-33-15-17-34(18-16-33)42(39,40)24-5-2-1-3-6-24/h4,7-12,24,27H,1-3,5-6,13-21H2,(H,32,36,37). The molecule has 3 heterocycles. The van der Waals surface area contributed by atoms with Crippen molar-refractivity contribution in [1.82, 2.24) is 19.4 Å². The van der Waals surface area contributed by atoms with Gasteiger partial charge in [-0.2, -0.15) is 4.31 Å². The number of sulfonamides is 1. The van der Waals surface area contributed by atoms with Gasteiger partial charge in [-0.3, -0.25) is 24.6 Å². The minimum Gasteiger partial charge on any atom is -0.489 e. The zero-order chi connectivity index (χ0) is 29.3. The van der Waals surface area contributed by atoms with Crippen molar-refractivity contribution < 1.29 is 27.5 Å². The lowest BCUT2D eigenvalue weighted by Crippen LogP contribution is -2.52. The van der Waals surface area contributed by atoms with Crippen molar-refractivity contribution in [2.45, 2.75) is 75.9 Å². The van der Waals surface area contributed by atoms with Crippen LogP contribution < -0.4 is 10.1 Å². The van der Waals surface area contributed by atoms with Crippen LogP contribution in [0.25, 0.3) is 0 Å². The number of rotatable bonds is 8. The number of piperazine rings is 1. The van der Waals surface area contributed by atoms with Crippen molar-refractivity contribution in [3.8, 4) is 5.75 Å². The van der Waals surface area contributed by atoms with Crippen molar-refractivity contribution in [3.63, 3.8) is 0 Å². The van der Waals surface area contributed by atoms with Gasteiger partial charge in [0.25, 0.3) is 5.91 Å². The maximum atomic E-state index is 13.1. The minimum atomic E-state index is -3.20. The lowest BCUT2D eigenvalue weighted by Gasteiger charge is -2.36. The quantitative estimate of drug-likeness (QED) is 0.468. The van der Waals surface area contributed by atoms with E-state index in [0.29, 0.717) is 37.4 Å². The van der Waals surface area contributed by atoms with E-state index in [-0.39, 0.29) is 30.0 Å². The van der Waals surface area contributed by atoms with Crippen LogP contribution in [-0.4, -0.2) is 77.7 Å². The zero-order valence-electron chi connectivity index (χ0n) is 23.8. The highest BCUT2D eigenvalue weighted by Gasteiger charge is 2.40. The fourth-order valence-corrected chi connectivity index (χ4v) is 8.59. The van der Waals surface area contributed by atoms with Gasteiger partial charge in [-0.25, -0.2) is 8.42 Å². The third-order valence-corrected chi connectivity index (χ3v) is 11.4. The number of benzene rings is 2. The summed E-state index contributed by atoms with van der Waals surface area (Å²) in [5.74, 6) is -0.345. The average molecular weight is 595 g/mol. The number of imide groups is 1. The van der Waals surface area contributed by atoms with Crippen LogP contribution >= 0.6 is 0 Å². The lowest BCUT2D eigenvalue weighted by molar-refractivity contribution is -0.136. The Balaban J connectivity index is 1.01. The van der Waals surface area contributed by atoms with Gasteiger partial charge in [0.2, 0.25) is 21.8 Å². The second-order valence-electron chi connectivity index (χ2n) is 11.8. The number of piperidine rings is 1. The SMILES string of the molecule is O=C1CCC(N2Cc3c(OCc4ccc(CN5CCN(S(=O)(=O)C6CCCCC6)CC5)cc4)cccc3C2=O)C(=O)N1. The van der Waals surface area contributed by atoms with Crippen molar-refractivity contribution in [2.75, 3.05) is 26.2 Å². The van der Waals surface area contributed by atoms with E-state index >= 15 is 0 Å². The number of nitrogens with zero attached hydrogens (tertiary/aromatic N) is 3. The first-order valence-corrected chi connectivity index (χ1v) is 16.5. The second kappa shape index (κ2) is 12.1. The van der Waals surface area contributed by atoms with E-state index in [0.717, 1.165) is 68.4 Å². The molecule has 4 aliphatic rings. The van der Waals surface area contributed by atoms with Gasteiger partial charge in [0.1, 0.15) is 18.4 Å². The van der Waals surface area contributed by atoms with Crippen LogP contribution in [0.5, 0.6) is 5.75 Å². The smallest absolute Gasteiger partial charge is 0.255 e. The maximum absolute atomic E-state index is 13.1. The molecule has 1 aliphatic carbocycles. The Kier molecular flexibility index (Phi) is 8.33. The van der Waals surface area contributed by atoms with Gasteiger partial charge < -0.3 is 9.64 Å². The number of amides is 3. The first-order chi connectivity index (χ1) is 20.3. The fraction of sp³-hybridized carbons (Fsp3) is 0.516. The van der Waals surface area contributed by atoms with Crippen molar-refractivity contribution >= 4 is 27.7 Å². The number of carbonyl (C=O) groups excluding carboxylic acids is 3. The summed E-state index contributed by atoms with van der Waals surface area (Å²) < 4.78 is 33.9. The first kappa shape index (κ1) is 28.8. The van der Waals surface area contributed by atoms with Crippen LogP contribution in [0, 0.1) is 0 Å². The van der Waals surface area contributed by atoms with Gasteiger partial charge in [-0.05, 0) is 42.5 Å². The molecule has 0 spiro atoms. The summed E-state index contributed by atoms with van der Waals surface area (Å²) >= 11 is 0. The topological polar surface area (TPSA) is 116 Å². The van der Waals surface area contributed by atoms with E-state index in [1.807, 2.05) is 18.2 Å². The van der Waals surface area contributed by atoms with Crippen LogP contribution in [0.2, 0.25) is 0 Å². The van der Waals surface area contributed by atoms with E-state index < -0.39 is 22.0 Å². The minimum absolute atomic E-state index is 0.200. The number of carbonyl (C=O) groups is 3. The summed E-state index contributed by atoms with van der Waals surface area (Å²) in [6, 6.07) is 12.9. The third-order valence-electron chi connectivity index (χ3n) is 9.03. The molecule has 2 saturated heterocycles. The van der Waals surface area contributed by atoms with Crippen LogP contribution in [0.1, 0.15) is 72.0 Å². The van der Waals surface area contributed by atoms with Gasteiger partial charge >= 0.3 is 0 Å². The highest BCUT2D eigenvalue weighted by atomic mass is 32.2. The Morgan fingerprint density at radius 2 is 1.57 bits per heavy atom. The van der Waals surface area contributed by atoms with E-state index in [2.05, 4.69) is 22.3 Å². The van der Waals surface area contributed by atoms with Crippen LogP contribution in [0.15, 0.2) is 42.5 Å². The van der Waals surface area contributed by atoms with Gasteiger partial charge in [0.15, 0.2) is 0 Å². The van der Waals surface area contributed by atoms with Crippen LogP contribution in [0.4, 0.5) is 0 Å². The molecule has 2 aromatic carbocycles. The van der Waals surface area contributed by atoms with E-state index in [1.165, 1.54) is 4.90 Å². The molecule has 3 fully saturated rings. The van der Waals surface area contributed by atoms with Gasteiger partial charge in [0, 0.05) is 50.3 Å². The molecule has 1 N–H and O–H groups in total. The summed E-state index contributed by atoms with van der Waals surface area (Å²) in [6.07, 6.45) is 5.30. The molecular formula is C31H38N4O6S. The Bertz CT molecular complexity index is 1450. The second-order valence-corrected chi connectivity index (χ2v) is 14.0. The largest absolute Gasteiger partial charge is 0.489 e. The first-order valence-electron chi connectivity index (χ1n) is 15.0. The molecule has 1 saturated carbocycles. The highest BCUT2D eigenvalue weighted by molar-refractivity contribution is 7.89. The fourth-order valence-electron chi connectivity index (χ4n) is 6.57. The summed E-state index contributed by atoms with van der Waals surface area (Å²) in [7, 11) is -3.20. The van der Waals surface area contributed by atoms with Gasteiger partial charge in [-0.1, -0.05) is 49.6 Å². The lowest BCUT2D eigenvalue weighted by atomic mass is 10.0. The predicted octanol–water partition coefficient (Wildman–Crippen LogP) is 2.81. The molecule has 10 nitrogen and oxygen atoms in total. The molecule has 42 heavy (non-hydrogen) atoms. The van der Waals surface area contributed by atoms with Crippen LogP contribution in [-0.2, 0) is 39.3 Å². The number of ether oxygens (including phenoxy) is 1. The van der Waals surface area contributed by atoms with Gasteiger partial charge in [-0.15, -0.1) is 0 Å². The normalized spacial score (nSPS) is 22.7. The third kappa shape index (κ3) is 5.95. The highest BCUT2D eigenvalue weighted by Crippen LogP contribution is 2.34.